The lowest BCUT2D eigenvalue weighted by molar-refractivity contribution is 0.136. The van der Waals surface area contributed by atoms with E-state index < -0.39 is 6.10 Å². The second-order valence-corrected chi connectivity index (χ2v) is 5.20. The van der Waals surface area contributed by atoms with Gasteiger partial charge in [0.15, 0.2) is 0 Å². The van der Waals surface area contributed by atoms with Crippen LogP contribution in [0, 0.1) is 0 Å². The van der Waals surface area contributed by atoms with Gasteiger partial charge in [-0.05, 0) is 55.3 Å². The molecule has 4 nitrogen and oxygen atoms in total. The highest BCUT2D eigenvalue weighted by atomic mass is 35.5. The zero-order valence-corrected chi connectivity index (χ0v) is 13.3. The van der Waals surface area contributed by atoms with Gasteiger partial charge in [-0.15, -0.1) is 12.4 Å². The van der Waals surface area contributed by atoms with Gasteiger partial charge in [0.25, 0.3) is 0 Å². The number of aliphatic hydroxyl groups is 1. The minimum Gasteiger partial charge on any atom is -0.508 e. The van der Waals surface area contributed by atoms with Crippen LogP contribution in [-0.2, 0) is 6.42 Å². The zero-order valence-electron chi connectivity index (χ0n) is 12.4. The first-order valence-electron chi connectivity index (χ1n) is 7.04. The van der Waals surface area contributed by atoms with E-state index in [1.54, 1.807) is 36.4 Å². The monoisotopic (exact) mass is 323 g/mol. The molecule has 0 saturated heterocycles. The highest BCUT2D eigenvalue weighted by Crippen LogP contribution is 2.19. The Morgan fingerprint density at radius 3 is 1.95 bits per heavy atom. The molecule has 0 aromatic heterocycles. The number of rotatable bonds is 6. The summed E-state index contributed by atoms with van der Waals surface area (Å²) in [6.45, 7) is 2.66. The Hall–Kier alpha value is -1.75. The maximum atomic E-state index is 10.2. The Kier molecular flexibility index (Phi) is 7.18. The fraction of sp³-hybridized carbons (Fsp3) is 0.294. The van der Waals surface area contributed by atoms with Crippen molar-refractivity contribution in [3.8, 4) is 11.5 Å². The average Bonchev–Trinajstić information content (AvgIpc) is 2.49. The quantitative estimate of drug-likeness (QED) is 0.659. The molecule has 0 heterocycles. The van der Waals surface area contributed by atoms with Gasteiger partial charge in [-0.3, -0.25) is 0 Å². The molecule has 0 saturated carbocycles. The lowest BCUT2D eigenvalue weighted by Gasteiger charge is -2.20. The molecule has 0 spiro atoms. The van der Waals surface area contributed by atoms with Crippen molar-refractivity contribution < 1.29 is 15.3 Å². The van der Waals surface area contributed by atoms with Gasteiger partial charge >= 0.3 is 0 Å². The number of aromatic hydroxyl groups is 2. The van der Waals surface area contributed by atoms with E-state index in [2.05, 4.69) is 5.32 Å². The molecule has 0 radical (unpaired) electrons. The number of nitrogens with one attached hydrogen (secondary N) is 1. The molecule has 2 atom stereocenters. The average molecular weight is 324 g/mol. The van der Waals surface area contributed by atoms with Crippen molar-refractivity contribution in [2.24, 2.45) is 0 Å². The van der Waals surface area contributed by atoms with E-state index in [1.807, 2.05) is 19.1 Å². The predicted molar refractivity (Wildman–Crippen MR) is 89.6 cm³/mol. The van der Waals surface area contributed by atoms with Crippen LogP contribution < -0.4 is 5.32 Å². The van der Waals surface area contributed by atoms with E-state index in [1.165, 1.54) is 0 Å². The molecule has 4 N–H and O–H groups in total. The minimum atomic E-state index is -0.620. The summed E-state index contributed by atoms with van der Waals surface area (Å²) >= 11 is 0. The molecule has 2 aromatic rings. The van der Waals surface area contributed by atoms with Crippen molar-refractivity contribution in [1.29, 1.82) is 0 Å². The van der Waals surface area contributed by atoms with Gasteiger partial charge in [0.2, 0.25) is 0 Å². The van der Waals surface area contributed by atoms with Crippen LogP contribution in [0.4, 0.5) is 0 Å². The third kappa shape index (κ3) is 5.22. The largest absolute Gasteiger partial charge is 0.508 e. The first kappa shape index (κ1) is 18.3. The lowest BCUT2D eigenvalue weighted by Crippen LogP contribution is -2.33. The van der Waals surface area contributed by atoms with Crippen molar-refractivity contribution in [1.82, 2.24) is 5.32 Å². The van der Waals surface area contributed by atoms with Crippen LogP contribution in [0.5, 0.6) is 11.5 Å². The van der Waals surface area contributed by atoms with E-state index in [0.717, 1.165) is 24.1 Å². The van der Waals surface area contributed by atoms with Crippen LogP contribution in [0.3, 0.4) is 0 Å². The van der Waals surface area contributed by atoms with Gasteiger partial charge in [-0.2, -0.15) is 0 Å². The third-order valence-electron chi connectivity index (χ3n) is 3.52. The SMILES string of the molecule is CC(NCCc1ccc(O)cc1)C(O)c1ccc(O)cc1.Cl. The minimum absolute atomic E-state index is 0. The van der Waals surface area contributed by atoms with Crippen molar-refractivity contribution in [2.45, 2.75) is 25.5 Å². The maximum absolute atomic E-state index is 10.2. The lowest BCUT2D eigenvalue weighted by atomic mass is 10.0. The van der Waals surface area contributed by atoms with Crippen LogP contribution in [-0.4, -0.2) is 27.9 Å². The Morgan fingerprint density at radius 2 is 1.41 bits per heavy atom. The summed E-state index contributed by atoms with van der Waals surface area (Å²) in [6.07, 6.45) is 0.206. The van der Waals surface area contributed by atoms with E-state index >= 15 is 0 Å². The fourth-order valence-corrected chi connectivity index (χ4v) is 2.18. The number of benzene rings is 2. The second-order valence-electron chi connectivity index (χ2n) is 5.20. The first-order valence-corrected chi connectivity index (χ1v) is 7.04. The van der Waals surface area contributed by atoms with Crippen LogP contribution in [0.1, 0.15) is 24.2 Å². The number of hydrogen-bond donors (Lipinski definition) is 4. The Labute approximate surface area is 136 Å². The molecular weight excluding hydrogens is 302 g/mol. The number of aliphatic hydroxyl groups excluding tert-OH is 1. The van der Waals surface area contributed by atoms with E-state index in [4.69, 9.17) is 0 Å². The molecule has 2 rings (SSSR count). The Balaban J connectivity index is 0.00000242. The summed E-state index contributed by atoms with van der Waals surface area (Å²) in [4.78, 5) is 0. The molecule has 0 bridgehead atoms. The molecule has 0 aliphatic carbocycles. The Morgan fingerprint density at radius 1 is 0.909 bits per heavy atom. The molecular formula is C17H22ClNO3. The van der Waals surface area contributed by atoms with E-state index in [-0.39, 0.29) is 29.9 Å². The van der Waals surface area contributed by atoms with Crippen LogP contribution in [0.2, 0.25) is 0 Å². The normalized spacial score (nSPS) is 13.2. The topological polar surface area (TPSA) is 72.7 Å². The zero-order chi connectivity index (χ0) is 15.2. The smallest absolute Gasteiger partial charge is 0.115 e. The standard InChI is InChI=1S/C17H21NO3.ClH/c1-12(17(21)14-4-8-16(20)9-5-14)18-11-10-13-2-6-15(19)7-3-13;/h2-9,12,17-21H,10-11H2,1H3;1H. The number of halogens is 1. The summed E-state index contributed by atoms with van der Waals surface area (Å²) in [5, 5.41) is 32.0. The molecule has 2 aromatic carbocycles. The highest BCUT2D eigenvalue weighted by Gasteiger charge is 2.15. The summed E-state index contributed by atoms with van der Waals surface area (Å²) in [6, 6.07) is 13.6. The number of phenolic OH excluding ortho intramolecular Hbond substituents is 2. The van der Waals surface area contributed by atoms with Crippen molar-refractivity contribution >= 4 is 12.4 Å². The molecule has 0 amide bonds. The third-order valence-corrected chi connectivity index (χ3v) is 3.52. The van der Waals surface area contributed by atoms with E-state index in [0.29, 0.717) is 0 Å². The summed E-state index contributed by atoms with van der Waals surface area (Å²) < 4.78 is 0. The van der Waals surface area contributed by atoms with Gasteiger partial charge in [0, 0.05) is 6.04 Å². The number of hydrogen-bond acceptors (Lipinski definition) is 4. The molecule has 0 fully saturated rings. The molecule has 120 valence electrons. The van der Waals surface area contributed by atoms with Crippen LogP contribution >= 0.6 is 12.4 Å². The van der Waals surface area contributed by atoms with E-state index in [9.17, 15) is 15.3 Å². The summed E-state index contributed by atoms with van der Waals surface area (Å²) in [5.74, 6) is 0.460. The Bertz CT molecular complexity index is 557. The van der Waals surface area contributed by atoms with Crippen LogP contribution in [0.15, 0.2) is 48.5 Å². The molecule has 0 aliphatic rings. The fourth-order valence-electron chi connectivity index (χ4n) is 2.18. The predicted octanol–water partition coefficient (Wildman–Crippen LogP) is 2.77. The van der Waals surface area contributed by atoms with Gasteiger partial charge < -0.3 is 20.6 Å². The number of phenols is 2. The summed E-state index contributed by atoms with van der Waals surface area (Å²) in [7, 11) is 0. The maximum Gasteiger partial charge on any atom is 0.115 e. The molecule has 0 aliphatic heterocycles. The van der Waals surface area contributed by atoms with Gasteiger partial charge in [-0.1, -0.05) is 24.3 Å². The summed E-state index contributed by atoms with van der Waals surface area (Å²) in [5.41, 5.74) is 1.91. The highest BCUT2D eigenvalue weighted by molar-refractivity contribution is 5.85. The second kappa shape index (κ2) is 8.63. The van der Waals surface area contributed by atoms with Crippen LogP contribution in [0.25, 0.3) is 0 Å². The molecule has 5 heteroatoms. The van der Waals surface area contributed by atoms with Gasteiger partial charge in [-0.25, -0.2) is 0 Å². The first-order chi connectivity index (χ1) is 10.1. The molecule has 2 unspecified atom stereocenters. The molecule has 22 heavy (non-hydrogen) atoms. The van der Waals surface area contributed by atoms with Crippen molar-refractivity contribution in [3.05, 3.63) is 59.7 Å². The van der Waals surface area contributed by atoms with Gasteiger partial charge in [0.05, 0.1) is 6.10 Å². The van der Waals surface area contributed by atoms with Gasteiger partial charge in [0.1, 0.15) is 11.5 Å². The van der Waals surface area contributed by atoms with Crippen molar-refractivity contribution in [3.63, 3.8) is 0 Å². The van der Waals surface area contributed by atoms with Crippen molar-refractivity contribution in [2.75, 3.05) is 6.54 Å².